The van der Waals surface area contributed by atoms with Gasteiger partial charge >= 0.3 is 0 Å². The standard InChI is InChI=1S/C28H33N7O.C6H4N4.C2H7N/c1-20-10-12-35(13-11-20)28-31-25-24(27(32-28)34-14-16-36-17-15-34)29-19-30-26(25)33(2)18-22-8-5-7-21-6-3-4-9-23(21)22;1-5-6(10-3-7-1)2-8-4-9-5;1-3-2/h3-9,19-20H,10-18H2,1-2H3;1-4H;3H,1-2H3. The van der Waals surface area contributed by atoms with E-state index in [-0.39, 0.29) is 0 Å². The predicted octanol–water partition coefficient (Wildman–Crippen LogP) is 4.54. The van der Waals surface area contributed by atoms with Crippen molar-refractivity contribution in [1.29, 1.82) is 0 Å². The molecule has 0 aliphatic carbocycles. The lowest BCUT2D eigenvalue weighted by Gasteiger charge is -2.33. The van der Waals surface area contributed by atoms with E-state index in [9.17, 15) is 0 Å². The summed E-state index contributed by atoms with van der Waals surface area (Å²) in [6.07, 6.45) is 10.2. The normalized spacial score (nSPS) is 15.0. The van der Waals surface area contributed by atoms with E-state index >= 15 is 0 Å². The van der Waals surface area contributed by atoms with E-state index in [0.717, 1.165) is 91.1 Å². The number of hydrogen-bond acceptors (Lipinski definition) is 13. The Bertz CT molecular complexity index is 1890. The molecule has 0 amide bonds. The topological polar surface area (TPSA) is 134 Å². The monoisotopic (exact) mass is 660 g/mol. The number of anilines is 3. The molecule has 0 spiro atoms. The van der Waals surface area contributed by atoms with Gasteiger partial charge in [-0.3, -0.25) is 0 Å². The van der Waals surface area contributed by atoms with E-state index in [1.54, 1.807) is 18.7 Å². The zero-order valence-corrected chi connectivity index (χ0v) is 28.7. The maximum absolute atomic E-state index is 5.62. The summed E-state index contributed by atoms with van der Waals surface area (Å²) in [5.74, 6) is 3.24. The highest BCUT2D eigenvalue weighted by Gasteiger charge is 2.25. The Morgan fingerprint density at radius 2 is 1.45 bits per heavy atom. The minimum Gasteiger partial charge on any atom is -0.378 e. The summed E-state index contributed by atoms with van der Waals surface area (Å²) in [4.78, 5) is 41.9. The molecular formula is C36H44N12O. The molecule has 0 unspecified atom stereocenters. The fourth-order valence-corrected chi connectivity index (χ4v) is 6.02. The molecule has 2 aromatic carbocycles. The van der Waals surface area contributed by atoms with Gasteiger partial charge in [0, 0.05) is 39.8 Å². The first-order valence-electron chi connectivity index (χ1n) is 16.8. The zero-order chi connectivity index (χ0) is 34.0. The molecule has 6 aromatic rings. The number of fused-ring (bicyclic) bond motifs is 3. The van der Waals surface area contributed by atoms with Crippen molar-refractivity contribution in [3.63, 3.8) is 0 Å². The van der Waals surface area contributed by atoms with Gasteiger partial charge in [-0.05, 0) is 49.2 Å². The van der Waals surface area contributed by atoms with Gasteiger partial charge in [0.05, 0.1) is 25.6 Å². The van der Waals surface area contributed by atoms with Crippen LogP contribution in [0.25, 0.3) is 32.8 Å². The van der Waals surface area contributed by atoms with Crippen LogP contribution in [-0.2, 0) is 11.3 Å². The molecule has 0 radical (unpaired) electrons. The van der Waals surface area contributed by atoms with Gasteiger partial charge in [0.1, 0.15) is 41.0 Å². The second-order valence-electron chi connectivity index (χ2n) is 12.3. The molecule has 2 aliphatic rings. The van der Waals surface area contributed by atoms with Gasteiger partial charge in [-0.1, -0.05) is 49.4 Å². The Morgan fingerprint density at radius 3 is 2.16 bits per heavy atom. The minimum atomic E-state index is 0.695. The molecule has 0 saturated carbocycles. The summed E-state index contributed by atoms with van der Waals surface area (Å²) in [6.45, 7) is 7.99. The number of morpholine rings is 1. The molecule has 13 nitrogen and oxygen atoms in total. The van der Waals surface area contributed by atoms with Crippen LogP contribution in [-0.4, -0.2) is 100 Å². The van der Waals surface area contributed by atoms with Crippen molar-refractivity contribution in [3.8, 4) is 0 Å². The molecule has 0 atom stereocenters. The average molecular weight is 661 g/mol. The summed E-state index contributed by atoms with van der Waals surface area (Å²) in [7, 11) is 5.84. The van der Waals surface area contributed by atoms with Gasteiger partial charge in [-0.15, -0.1) is 0 Å². The van der Waals surface area contributed by atoms with Gasteiger partial charge in [0.15, 0.2) is 11.6 Å². The van der Waals surface area contributed by atoms with Crippen molar-refractivity contribution in [2.75, 3.05) is 75.2 Å². The van der Waals surface area contributed by atoms with Crippen LogP contribution in [0.5, 0.6) is 0 Å². The predicted molar refractivity (Wildman–Crippen MR) is 195 cm³/mol. The van der Waals surface area contributed by atoms with Crippen LogP contribution in [0.1, 0.15) is 25.3 Å². The Labute approximate surface area is 286 Å². The highest BCUT2D eigenvalue weighted by Crippen LogP contribution is 2.32. The lowest BCUT2D eigenvalue weighted by molar-refractivity contribution is 0.122. The molecule has 13 heteroatoms. The molecule has 254 valence electrons. The van der Waals surface area contributed by atoms with Gasteiger partial charge in [0.2, 0.25) is 5.95 Å². The summed E-state index contributed by atoms with van der Waals surface area (Å²) in [5.41, 5.74) is 4.43. The molecule has 4 aromatic heterocycles. The van der Waals surface area contributed by atoms with Crippen molar-refractivity contribution in [1.82, 2.24) is 45.2 Å². The van der Waals surface area contributed by atoms with Crippen LogP contribution in [0.3, 0.4) is 0 Å². The number of nitrogens with one attached hydrogen (secondary N) is 1. The smallest absolute Gasteiger partial charge is 0.228 e. The third-order valence-corrected chi connectivity index (χ3v) is 8.64. The zero-order valence-electron chi connectivity index (χ0n) is 28.7. The van der Waals surface area contributed by atoms with Crippen molar-refractivity contribution in [2.45, 2.75) is 26.3 Å². The highest BCUT2D eigenvalue weighted by molar-refractivity contribution is 5.94. The molecule has 2 aliphatic heterocycles. The van der Waals surface area contributed by atoms with Crippen LogP contribution in [0.2, 0.25) is 0 Å². The number of aromatic nitrogens is 8. The number of rotatable bonds is 5. The van der Waals surface area contributed by atoms with E-state index in [2.05, 4.69) is 96.4 Å². The van der Waals surface area contributed by atoms with Crippen LogP contribution >= 0.6 is 0 Å². The minimum absolute atomic E-state index is 0.695. The van der Waals surface area contributed by atoms with Crippen molar-refractivity contribution in [3.05, 3.63) is 79.4 Å². The first-order valence-corrected chi connectivity index (χ1v) is 16.8. The third-order valence-electron chi connectivity index (χ3n) is 8.64. The first-order chi connectivity index (χ1) is 24.1. The van der Waals surface area contributed by atoms with Crippen LogP contribution in [0, 0.1) is 5.92 Å². The van der Waals surface area contributed by atoms with Crippen molar-refractivity contribution >= 4 is 50.4 Å². The first kappa shape index (κ1) is 33.7. The lowest BCUT2D eigenvalue weighted by atomic mass is 10.00. The van der Waals surface area contributed by atoms with Crippen molar-refractivity contribution in [2.24, 2.45) is 5.92 Å². The molecule has 2 saturated heterocycles. The Balaban J connectivity index is 0.000000268. The second-order valence-corrected chi connectivity index (χ2v) is 12.3. The Hall–Kier alpha value is -5.14. The van der Waals surface area contributed by atoms with E-state index in [0.29, 0.717) is 13.2 Å². The molecule has 1 N–H and O–H groups in total. The molecule has 49 heavy (non-hydrogen) atoms. The van der Waals surface area contributed by atoms with E-state index in [1.165, 1.54) is 29.0 Å². The SMILES string of the molecule is CC1CCN(c2nc(N3CCOCC3)c3ncnc(N(C)Cc4cccc5ccccc45)c3n2)CC1.CNC.c1ncc2ncncc2n1. The fourth-order valence-electron chi connectivity index (χ4n) is 6.02. The van der Waals surface area contributed by atoms with Crippen molar-refractivity contribution < 1.29 is 4.74 Å². The molecular weight excluding hydrogens is 616 g/mol. The second kappa shape index (κ2) is 16.3. The van der Waals surface area contributed by atoms with Gasteiger partial charge in [-0.25, -0.2) is 34.9 Å². The van der Waals surface area contributed by atoms with Crippen LogP contribution < -0.4 is 20.0 Å². The number of ether oxygens (including phenoxy) is 1. The molecule has 6 heterocycles. The van der Waals surface area contributed by atoms with Crippen LogP contribution in [0.15, 0.2) is 73.8 Å². The lowest BCUT2D eigenvalue weighted by Crippen LogP contribution is -2.38. The van der Waals surface area contributed by atoms with Gasteiger partial charge < -0.3 is 24.8 Å². The summed E-state index contributed by atoms with van der Waals surface area (Å²) in [6, 6.07) is 15.0. The quantitative estimate of drug-likeness (QED) is 0.278. The summed E-state index contributed by atoms with van der Waals surface area (Å²) in [5, 5.41) is 5.26. The summed E-state index contributed by atoms with van der Waals surface area (Å²) < 4.78 is 5.62. The van der Waals surface area contributed by atoms with E-state index < -0.39 is 0 Å². The Kier molecular flexibility index (Phi) is 11.2. The Morgan fingerprint density at radius 1 is 0.776 bits per heavy atom. The number of benzene rings is 2. The summed E-state index contributed by atoms with van der Waals surface area (Å²) >= 11 is 0. The van der Waals surface area contributed by atoms with Gasteiger partial charge in [0.25, 0.3) is 0 Å². The van der Waals surface area contributed by atoms with Crippen LogP contribution in [0.4, 0.5) is 17.6 Å². The largest absolute Gasteiger partial charge is 0.378 e. The molecule has 0 bridgehead atoms. The molecule has 2 fully saturated rings. The maximum atomic E-state index is 5.62. The highest BCUT2D eigenvalue weighted by atomic mass is 16.5. The number of piperidine rings is 1. The maximum Gasteiger partial charge on any atom is 0.228 e. The third kappa shape index (κ3) is 8.12. The van der Waals surface area contributed by atoms with E-state index in [1.807, 2.05) is 14.1 Å². The number of hydrogen-bond donors (Lipinski definition) is 1. The van der Waals surface area contributed by atoms with Gasteiger partial charge in [-0.2, -0.15) is 4.98 Å². The van der Waals surface area contributed by atoms with E-state index in [4.69, 9.17) is 24.7 Å². The molecule has 8 rings (SSSR count). The fraction of sp³-hybridized carbons (Fsp3) is 0.389. The number of nitrogens with zero attached hydrogens (tertiary/aromatic N) is 11. The average Bonchev–Trinajstić information content (AvgIpc) is 3.15.